The molecule has 4 aromatic carbocycles. The molecule has 2 aromatic heterocycles. The Morgan fingerprint density at radius 3 is 2.44 bits per heavy atom. The zero-order valence-corrected chi connectivity index (χ0v) is 33.3. The van der Waals surface area contributed by atoms with Crippen molar-refractivity contribution in [1.82, 2.24) is 15.2 Å². The highest BCUT2D eigenvalue weighted by atomic mass is 32.2. The summed E-state index contributed by atoms with van der Waals surface area (Å²) in [7, 11) is 0. The van der Waals surface area contributed by atoms with Gasteiger partial charge >= 0.3 is 5.97 Å². The van der Waals surface area contributed by atoms with Crippen LogP contribution in [0.5, 0.6) is 0 Å². The van der Waals surface area contributed by atoms with Gasteiger partial charge in [-0.1, -0.05) is 79.7 Å². The molecule has 57 heavy (non-hydrogen) atoms. The Balaban J connectivity index is 1.07. The average molecular weight is 798 g/mol. The van der Waals surface area contributed by atoms with E-state index < -0.39 is 23.0 Å². The number of benzene rings is 4. The molecular formula is C45H43N5O5S2. The van der Waals surface area contributed by atoms with Gasteiger partial charge in [0.15, 0.2) is 0 Å². The molecule has 0 saturated carbocycles. The maximum absolute atomic E-state index is 13.9. The predicted octanol–water partition coefficient (Wildman–Crippen LogP) is 8.88. The van der Waals surface area contributed by atoms with Gasteiger partial charge in [-0.05, 0) is 73.4 Å². The molecule has 0 spiro atoms. The molecule has 1 aliphatic heterocycles. The summed E-state index contributed by atoms with van der Waals surface area (Å²) in [6.45, 7) is 6.21. The number of nitrogens with one attached hydrogen (secondary N) is 4. The molecule has 0 radical (unpaired) electrons. The first-order valence-corrected chi connectivity index (χ1v) is 20.6. The number of hydrogen-bond acceptors (Lipinski definition) is 8. The first-order chi connectivity index (χ1) is 27.8. The second-order valence-corrected chi connectivity index (χ2v) is 15.9. The minimum Gasteiger partial charge on any atom is -0.462 e. The molecule has 3 heterocycles. The number of aromatic amines is 1. The summed E-state index contributed by atoms with van der Waals surface area (Å²) in [5.41, 5.74) is 5.24. The van der Waals surface area contributed by atoms with Gasteiger partial charge in [-0.3, -0.25) is 19.3 Å². The van der Waals surface area contributed by atoms with Crippen molar-refractivity contribution in [1.29, 1.82) is 0 Å². The van der Waals surface area contributed by atoms with E-state index in [4.69, 9.17) is 4.74 Å². The zero-order valence-electron chi connectivity index (χ0n) is 31.7. The smallest absolute Gasteiger partial charge is 0.341 e. The molecule has 0 bridgehead atoms. The Hall–Kier alpha value is -5.95. The largest absolute Gasteiger partial charge is 0.462 e. The lowest BCUT2D eigenvalue weighted by Gasteiger charge is -2.27. The highest BCUT2D eigenvalue weighted by Crippen LogP contribution is 2.39. The zero-order chi connectivity index (χ0) is 39.7. The maximum Gasteiger partial charge on any atom is 0.341 e. The van der Waals surface area contributed by atoms with Gasteiger partial charge in [-0.25, -0.2) is 4.79 Å². The fourth-order valence-corrected chi connectivity index (χ4v) is 9.07. The van der Waals surface area contributed by atoms with E-state index in [1.54, 1.807) is 55.6 Å². The van der Waals surface area contributed by atoms with Crippen molar-refractivity contribution in [3.05, 3.63) is 154 Å². The molecule has 1 aliphatic rings. The summed E-state index contributed by atoms with van der Waals surface area (Å²) < 4.78 is 5.47. The fraction of sp³-hybridized carbons (Fsp3) is 0.200. The molecule has 10 nitrogen and oxygen atoms in total. The summed E-state index contributed by atoms with van der Waals surface area (Å²) in [6.07, 6.45) is 4.64. The molecule has 1 unspecified atom stereocenters. The second-order valence-electron chi connectivity index (χ2n) is 13.5. The number of nitrogens with zero attached hydrogens (tertiary/aromatic N) is 1. The third kappa shape index (κ3) is 9.54. The maximum atomic E-state index is 13.9. The lowest BCUT2D eigenvalue weighted by atomic mass is 10.0. The summed E-state index contributed by atoms with van der Waals surface area (Å²) in [5, 5.41) is 9.75. The van der Waals surface area contributed by atoms with E-state index in [2.05, 4.69) is 38.0 Å². The Morgan fingerprint density at radius 2 is 1.67 bits per heavy atom. The molecule has 290 valence electrons. The van der Waals surface area contributed by atoms with Crippen molar-refractivity contribution < 1.29 is 23.9 Å². The first kappa shape index (κ1) is 39.3. The number of carbonyl (C=O) groups is 4. The molecule has 1 atom stereocenters. The van der Waals surface area contributed by atoms with Crippen LogP contribution in [0.3, 0.4) is 0 Å². The van der Waals surface area contributed by atoms with Gasteiger partial charge in [0.25, 0.3) is 11.8 Å². The topological polar surface area (TPSA) is 133 Å². The van der Waals surface area contributed by atoms with Gasteiger partial charge in [-0.2, -0.15) is 0 Å². The number of thiophene rings is 1. The summed E-state index contributed by atoms with van der Waals surface area (Å²) in [6, 6.07) is 34.0. The van der Waals surface area contributed by atoms with Crippen molar-refractivity contribution in [3.63, 3.8) is 0 Å². The number of anilines is 2. The number of H-pyrrole nitrogens is 1. The Kier molecular flexibility index (Phi) is 12.6. The van der Waals surface area contributed by atoms with Gasteiger partial charge in [0.05, 0.1) is 17.4 Å². The SMILES string of the molecule is CCOC(=O)c1c(NC(=O)C(CC)Sc2cccc(NC(=O)/C(=C/c3c[nH]c4ccccc34)NC(=O)c3ccccc3)c2)sc2c1CCN(Cc1ccccc1)C2. The highest BCUT2D eigenvalue weighted by molar-refractivity contribution is 8.00. The summed E-state index contributed by atoms with van der Waals surface area (Å²) in [5.74, 6) is -1.58. The van der Waals surface area contributed by atoms with Gasteiger partial charge in [0, 0.05) is 63.3 Å². The number of rotatable bonds is 14. The van der Waals surface area contributed by atoms with E-state index in [0.29, 0.717) is 41.2 Å². The lowest BCUT2D eigenvalue weighted by Crippen LogP contribution is -2.30. The molecule has 3 amide bonds. The van der Waals surface area contributed by atoms with Crippen molar-refractivity contribution in [2.45, 2.75) is 49.9 Å². The molecule has 0 fully saturated rings. The van der Waals surface area contributed by atoms with E-state index in [1.165, 1.54) is 28.7 Å². The van der Waals surface area contributed by atoms with Gasteiger partial charge in [-0.15, -0.1) is 23.1 Å². The van der Waals surface area contributed by atoms with Crippen molar-refractivity contribution in [3.8, 4) is 0 Å². The molecule has 6 aromatic rings. The number of para-hydroxylation sites is 1. The number of hydrogen-bond donors (Lipinski definition) is 4. The first-order valence-electron chi connectivity index (χ1n) is 18.9. The number of ether oxygens (including phenoxy) is 1. The van der Waals surface area contributed by atoms with E-state index in [9.17, 15) is 19.2 Å². The Morgan fingerprint density at radius 1 is 0.912 bits per heavy atom. The number of aromatic nitrogens is 1. The van der Waals surface area contributed by atoms with Crippen LogP contribution >= 0.6 is 23.1 Å². The van der Waals surface area contributed by atoms with Gasteiger partial charge in [0.2, 0.25) is 5.91 Å². The van der Waals surface area contributed by atoms with Crippen molar-refractivity contribution >= 4 is 74.5 Å². The highest BCUT2D eigenvalue weighted by Gasteiger charge is 2.31. The normalized spacial score (nSPS) is 13.4. The predicted molar refractivity (Wildman–Crippen MR) is 228 cm³/mol. The summed E-state index contributed by atoms with van der Waals surface area (Å²) >= 11 is 2.81. The number of carbonyl (C=O) groups excluding carboxylic acids is 4. The van der Waals surface area contributed by atoms with Gasteiger partial charge in [0.1, 0.15) is 10.7 Å². The fourth-order valence-electron chi connectivity index (χ4n) is 6.78. The number of fused-ring (bicyclic) bond motifs is 2. The van der Waals surface area contributed by atoms with Crippen LogP contribution in [0.25, 0.3) is 17.0 Å². The van der Waals surface area contributed by atoms with E-state index in [-0.39, 0.29) is 18.2 Å². The van der Waals surface area contributed by atoms with E-state index >= 15 is 0 Å². The van der Waals surface area contributed by atoms with Crippen LogP contribution in [0.2, 0.25) is 0 Å². The third-order valence-electron chi connectivity index (χ3n) is 9.58. The van der Waals surface area contributed by atoms with Crippen LogP contribution in [0.1, 0.15) is 62.6 Å². The number of thioether (sulfide) groups is 1. The van der Waals surface area contributed by atoms with Crippen LogP contribution in [-0.2, 0) is 33.8 Å². The summed E-state index contributed by atoms with van der Waals surface area (Å²) in [4.78, 5) is 61.7. The average Bonchev–Trinajstić information content (AvgIpc) is 3.80. The van der Waals surface area contributed by atoms with Crippen LogP contribution in [0.4, 0.5) is 10.7 Å². The lowest BCUT2D eigenvalue weighted by molar-refractivity contribution is -0.116. The van der Waals surface area contributed by atoms with Crippen LogP contribution in [0, 0.1) is 0 Å². The quantitative estimate of drug-likeness (QED) is 0.0492. The molecule has 0 aliphatic carbocycles. The van der Waals surface area contributed by atoms with Crippen LogP contribution in [-0.4, -0.2) is 52.0 Å². The van der Waals surface area contributed by atoms with E-state index in [1.807, 2.05) is 67.6 Å². The monoisotopic (exact) mass is 797 g/mol. The molecule has 12 heteroatoms. The Labute approximate surface area is 339 Å². The number of esters is 1. The third-order valence-corrected chi connectivity index (χ3v) is 12.1. The van der Waals surface area contributed by atoms with Crippen molar-refractivity contribution in [2.75, 3.05) is 23.8 Å². The standard InChI is InChI=1S/C45H43N5O5S2/c1-3-38(43(53)49-44-40(45(54)55-4-2)35-22-23-50(28-39(35)57-44)27-29-14-7-5-8-15-29)56-33-19-13-18-32(25-33)47-42(52)37(48-41(51)30-16-9-6-10-17-30)24-31-26-46-36-21-12-11-20-34(31)36/h5-21,24-26,38,46H,3-4,22-23,27-28H2,1-2H3,(H,47,52)(H,48,51)(H,49,53)/b37-24-. The molecule has 0 saturated heterocycles. The van der Waals surface area contributed by atoms with Crippen LogP contribution < -0.4 is 16.0 Å². The molecular weight excluding hydrogens is 755 g/mol. The number of amides is 3. The van der Waals surface area contributed by atoms with Gasteiger partial charge < -0.3 is 25.7 Å². The van der Waals surface area contributed by atoms with Crippen molar-refractivity contribution in [2.24, 2.45) is 0 Å². The Bertz CT molecular complexity index is 2420. The molecule has 4 N–H and O–H groups in total. The second kappa shape index (κ2) is 18.3. The minimum absolute atomic E-state index is 0.0664. The minimum atomic E-state index is -0.507. The van der Waals surface area contributed by atoms with Crippen LogP contribution in [0.15, 0.2) is 126 Å². The molecule has 7 rings (SSSR count). The van der Waals surface area contributed by atoms with E-state index in [0.717, 1.165) is 44.9 Å².